The maximum atomic E-state index is 13.9. The van der Waals surface area contributed by atoms with Gasteiger partial charge in [0.1, 0.15) is 5.52 Å². The smallest absolute Gasteiger partial charge is 0.167 e. The molecule has 0 radical (unpaired) electrons. The SMILES string of the molecule is CCc1ccc2c(n1)c(F)cn2Cc1ccccc1. The highest BCUT2D eigenvalue weighted by molar-refractivity contribution is 5.76. The molecule has 0 saturated carbocycles. The van der Waals surface area contributed by atoms with E-state index < -0.39 is 0 Å². The van der Waals surface area contributed by atoms with Gasteiger partial charge >= 0.3 is 0 Å². The maximum Gasteiger partial charge on any atom is 0.167 e. The molecule has 2 nitrogen and oxygen atoms in total. The molecule has 0 aliphatic heterocycles. The van der Waals surface area contributed by atoms with Gasteiger partial charge in [-0.1, -0.05) is 37.3 Å². The standard InChI is InChI=1S/C16H15FN2/c1-2-13-8-9-15-16(18-13)14(17)11-19(15)10-12-6-4-3-5-7-12/h3-9,11H,2,10H2,1H3. The first-order chi connectivity index (χ1) is 9.28. The zero-order chi connectivity index (χ0) is 13.2. The minimum Gasteiger partial charge on any atom is -0.339 e. The molecular weight excluding hydrogens is 239 g/mol. The van der Waals surface area contributed by atoms with Crippen molar-refractivity contribution in [2.75, 3.05) is 0 Å². The molecule has 3 aromatic rings. The van der Waals surface area contributed by atoms with E-state index in [1.807, 2.05) is 54.0 Å². The molecule has 0 saturated heterocycles. The molecule has 2 aromatic heterocycles. The van der Waals surface area contributed by atoms with E-state index in [0.29, 0.717) is 12.1 Å². The number of benzene rings is 1. The van der Waals surface area contributed by atoms with Crippen LogP contribution in [0, 0.1) is 5.82 Å². The van der Waals surface area contributed by atoms with Gasteiger partial charge in [-0.25, -0.2) is 9.37 Å². The second-order valence-corrected chi connectivity index (χ2v) is 4.61. The fraction of sp³-hybridized carbons (Fsp3) is 0.188. The molecule has 0 unspecified atom stereocenters. The van der Waals surface area contributed by atoms with E-state index >= 15 is 0 Å². The van der Waals surface area contributed by atoms with Gasteiger partial charge in [0, 0.05) is 18.4 Å². The van der Waals surface area contributed by atoms with Crippen molar-refractivity contribution in [3.05, 3.63) is 65.7 Å². The van der Waals surface area contributed by atoms with Crippen LogP contribution in [-0.2, 0) is 13.0 Å². The van der Waals surface area contributed by atoms with Gasteiger partial charge in [0.05, 0.1) is 5.52 Å². The van der Waals surface area contributed by atoms with Gasteiger partial charge in [0.25, 0.3) is 0 Å². The largest absolute Gasteiger partial charge is 0.339 e. The van der Waals surface area contributed by atoms with Crippen LogP contribution < -0.4 is 0 Å². The molecule has 0 bridgehead atoms. The molecule has 0 amide bonds. The lowest BCUT2D eigenvalue weighted by Gasteiger charge is -2.05. The molecule has 1 aromatic carbocycles. The summed E-state index contributed by atoms with van der Waals surface area (Å²) in [6, 6.07) is 14.0. The monoisotopic (exact) mass is 254 g/mol. The van der Waals surface area contributed by atoms with Crippen molar-refractivity contribution in [3.63, 3.8) is 0 Å². The number of hydrogen-bond donors (Lipinski definition) is 0. The molecule has 3 heteroatoms. The highest BCUT2D eigenvalue weighted by atomic mass is 19.1. The summed E-state index contributed by atoms with van der Waals surface area (Å²) >= 11 is 0. The van der Waals surface area contributed by atoms with Gasteiger partial charge in [0.15, 0.2) is 5.82 Å². The van der Waals surface area contributed by atoms with Crippen molar-refractivity contribution in [3.8, 4) is 0 Å². The summed E-state index contributed by atoms with van der Waals surface area (Å²) < 4.78 is 15.9. The Hall–Kier alpha value is -2.16. The third-order valence-corrected chi connectivity index (χ3v) is 3.29. The molecule has 0 fully saturated rings. The first-order valence-electron chi connectivity index (χ1n) is 6.46. The minimum absolute atomic E-state index is 0.249. The number of aryl methyl sites for hydroxylation is 1. The predicted molar refractivity (Wildman–Crippen MR) is 74.6 cm³/mol. The van der Waals surface area contributed by atoms with Crippen molar-refractivity contribution in [2.45, 2.75) is 19.9 Å². The lowest BCUT2D eigenvalue weighted by molar-refractivity contribution is 0.627. The lowest BCUT2D eigenvalue weighted by atomic mass is 10.2. The lowest BCUT2D eigenvalue weighted by Crippen LogP contribution is -1.98. The summed E-state index contributed by atoms with van der Waals surface area (Å²) in [5, 5.41) is 0. The van der Waals surface area contributed by atoms with E-state index in [2.05, 4.69) is 4.98 Å². The van der Waals surface area contributed by atoms with Gasteiger partial charge in [-0.3, -0.25) is 0 Å². The maximum absolute atomic E-state index is 13.9. The Morgan fingerprint density at radius 2 is 1.89 bits per heavy atom. The highest BCUT2D eigenvalue weighted by Crippen LogP contribution is 2.20. The second-order valence-electron chi connectivity index (χ2n) is 4.61. The zero-order valence-corrected chi connectivity index (χ0v) is 10.8. The number of fused-ring (bicyclic) bond motifs is 1. The molecule has 96 valence electrons. The van der Waals surface area contributed by atoms with Crippen LogP contribution in [0.25, 0.3) is 11.0 Å². The Kier molecular flexibility index (Phi) is 3.03. The number of pyridine rings is 1. The third-order valence-electron chi connectivity index (χ3n) is 3.29. The number of nitrogens with zero attached hydrogens (tertiary/aromatic N) is 2. The van der Waals surface area contributed by atoms with Gasteiger partial charge < -0.3 is 4.57 Å². The van der Waals surface area contributed by atoms with Crippen LogP contribution in [0.2, 0.25) is 0 Å². The summed E-state index contributed by atoms with van der Waals surface area (Å²) in [5.41, 5.74) is 3.39. The van der Waals surface area contributed by atoms with Crippen molar-refractivity contribution >= 4 is 11.0 Å². The normalized spacial score (nSPS) is 11.1. The van der Waals surface area contributed by atoms with Crippen LogP contribution in [0.5, 0.6) is 0 Å². The van der Waals surface area contributed by atoms with Crippen molar-refractivity contribution in [1.29, 1.82) is 0 Å². The van der Waals surface area contributed by atoms with E-state index in [1.54, 1.807) is 0 Å². The quantitative estimate of drug-likeness (QED) is 0.695. The average molecular weight is 254 g/mol. The van der Waals surface area contributed by atoms with E-state index in [9.17, 15) is 4.39 Å². The Bertz CT molecular complexity index is 701. The van der Waals surface area contributed by atoms with Crippen LogP contribution >= 0.6 is 0 Å². The first-order valence-corrected chi connectivity index (χ1v) is 6.46. The van der Waals surface area contributed by atoms with E-state index in [4.69, 9.17) is 0 Å². The fourth-order valence-electron chi connectivity index (χ4n) is 2.28. The number of hydrogen-bond acceptors (Lipinski definition) is 1. The molecule has 2 heterocycles. The topological polar surface area (TPSA) is 17.8 Å². The van der Waals surface area contributed by atoms with Crippen LogP contribution in [0.1, 0.15) is 18.2 Å². The molecule has 0 N–H and O–H groups in total. The third kappa shape index (κ3) is 2.24. The predicted octanol–water partition coefficient (Wildman–Crippen LogP) is 3.79. The molecule has 0 aliphatic rings. The molecular formula is C16H15FN2. The van der Waals surface area contributed by atoms with Gasteiger partial charge in [0.2, 0.25) is 0 Å². The van der Waals surface area contributed by atoms with Gasteiger partial charge in [-0.05, 0) is 24.1 Å². The zero-order valence-electron chi connectivity index (χ0n) is 10.8. The van der Waals surface area contributed by atoms with E-state index in [0.717, 1.165) is 23.2 Å². The van der Waals surface area contributed by atoms with Crippen LogP contribution in [0.4, 0.5) is 4.39 Å². The Morgan fingerprint density at radius 1 is 1.11 bits per heavy atom. The minimum atomic E-state index is -0.249. The number of aromatic nitrogens is 2. The highest BCUT2D eigenvalue weighted by Gasteiger charge is 2.10. The molecule has 0 spiro atoms. The Labute approximate surface area is 111 Å². The van der Waals surface area contributed by atoms with Crippen molar-refractivity contribution < 1.29 is 4.39 Å². The number of rotatable bonds is 3. The first kappa shape index (κ1) is 11.9. The Morgan fingerprint density at radius 3 is 2.63 bits per heavy atom. The summed E-state index contributed by atoms with van der Waals surface area (Å²) in [6.07, 6.45) is 2.35. The van der Waals surface area contributed by atoms with E-state index in [-0.39, 0.29) is 5.82 Å². The molecule has 3 rings (SSSR count). The second kappa shape index (κ2) is 4.84. The van der Waals surface area contributed by atoms with Crippen LogP contribution in [0.3, 0.4) is 0 Å². The van der Waals surface area contributed by atoms with Gasteiger partial charge in [-0.15, -0.1) is 0 Å². The van der Waals surface area contributed by atoms with Crippen LogP contribution in [0.15, 0.2) is 48.7 Å². The van der Waals surface area contributed by atoms with Gasteiger partial charge in [-0.2, -0.15) is 0 Å². The van der Waals surface area contributed by atoms with E-state index in [1.165, 1.54) is 6.20 Å². The van der Waals surface area contributed by atoms with Crippen molar-refractivity contribution in [2.24, 2.45) is 0 Å². The summed E-state index contributed by atoms with van der Waals surface area (Å²) in [6.45, 7) is 2.68. The molecule has 0 atom stereocenters. The molecule has 19 heavy (non-hydrogen) atoms. The summed E-state index contributed by atoms with van der Waals surface area (Å²) in [7, 11) is 0. The number of halogens is 1. The van der Waals surface area contributed by atoms with Crippen molar-refractivity contribution in [1.82, 2.24) is 9.55 Å². The summed E-state index contributed by atoms with van der Waals surface area (Å²) in [5.74, 6) is -0.249. The fourth-order valence-corrected chi connectivity index (χ4v) is 2.28. The summed E-state index contributed by atoms with van der Waals surface area (Å²) in [4.78, 5) is 4.36. The Balaban J connectivity index is 2.05. The van der Waals surface area contributed by atoms with Crippen LogP contribution in [-0.4, -0.2) is 9.55 Å². The molecule has 0 aliphatic carbocycles. The average Bonchev–Trinajstić information content (AvgIpc) is 2.76.